The number of aromatic nitrogens is 2. The van der Waals surface area contributed by atoms with Crippen LogP contribution in [0.4, 0.5) is 16.3 Å². The van der Waals surface area contributed by atoms with Gasteiger partial charge in [-0.1, -0.05) is 18.2 Å². The highest BCUT2D eigenvalue weighted by Crippen LogP contribution is 2.44. The quantitative estimate of drug-likeness (QED) is 0.477. The van der Waals surface area contributed by atoms with E-state index in [1.54, 1.807) is 49.5 Å². The highest BCUT2D eigenvalue weighted by atomic mass is 32.2. The molecule has 5 rings (SSSR count). The van der Waals surface area contributed by atoms with E-state index < -0.39 is 14.6 Å². The largest absolute Gasteiger partial charge is 0.381 e. The first-order chi connectivity index (χ1) is 18.8. The lowest BCUT2D eigenvalue weighted by Crippen LogP contribution is -2.45. The molecule has 2 fully saturated rings. The van der Waals surface area contributed by atoms with Crippen molar-refractivity contribution in [3.8, 4) is 11.4 Å². The van der Waals surface area contributed by atoms with E-state index in [1.165, 1.54) is 0 Å². The molecule has 10 nitrogen and oxygen atoms in total. The Morgan fingerprint density at radius 2 is 1.72 bits per heavy atom. The van der Waals surface area contributed by atoms with Crippen LogP contribution in [0.1, 0.15) is 25.5 Å². The first kappa shape index (κ1) is 27.0. The van der Waals surface area contributed by atoms with Crippen LogP contribution in [-0.4, -0.2) is 70.5 Å². The lowest BCUT2D eigenvalue weighted by atomic mass is 9.94. The van der Waals surface area contributed by atoms with Gasteiger partial charge in [-0.25, -0.2) is 23.2 Å². The molecule has 2 aliphatic heterocycles. The smallest absolute Gasteiger partial charge is 0.318 e. The number of urea groups is 1. The molecule has 1 atom stereocenters. The normalized spacial score (nSPS) is 19.3. The molecule has 0 unspecified atom stereocenters. The van der Waals surface area contributed by atoms with Crippen molar-refractivity contribution in [2.75, 3.05) is 50.2 Å². The number of sulfone groups is 1. The van der Waals surface area contributed by atoms with Crippen LogP contribution in [0.5, 0.6) is 0 Å². The molecule has 39 heavy (non-hydrogen) atoms. The van der Waals surface area contributed by atoms with Crippen LogP contribution < -0.4 is 15.5 Å². The second-order valence-electron chi connectivity index (χ2n) is 9.76. The van der Waals surface area contributed by atoms with Crippen molar-refractivity contribution in [3.05, 3.63) is 66.4 Å². The van der Waals surface area contributed by atoms with Crippen molar-refractivity contribution in [2.24, 2.45) is 0 Å². The molecule has 2 aliphatic rings. The average molecular weight is 552 g/mol. The van der Waals surface area contributed by atoms with E-state index in [4.69, 9.17) is 19.4 Å². The summed E-state index contributed by atoms with van der Waals surface area (Å²) in [7, 11) is -2.28. The van der Waals surface area contributed by atoms with E-state index in [-0.39, 0.29) is 29.8 Å². The van der Waals surface area contributed by atoms with Gasteiger partial charge in [0, 0.05) is 44.1 Å². The number of ether oxygens (including phenoxy) is 2. The number of carbonyl (C=O) groups is 1. The van der Waals surface area contributed by atoms with Crippen LogP contribution in [0.3, 0.4) is 0 Å². The zero-order chi connectivity index (χ0) is 27.5. The van der Waals surface area contributed by atoms with Crippen molar-refractivity contribution in [2.45, 2.75) is 35.4 Å². The molecule has 11 heteroatoms. The molecule has 2 saturated heterocycles. The maximum atomic E-state index is 14.3. The maximum Gasteiger partial charge on any atom is 0.318 e. The van der Waals surface area contributed by atoms with Gasteiger partial charge in [0.15, 0.2) is 15.7 Å². The van der Waals surface area contributed by atoms with Crippen molar-refractivity contribution >= 4 is 27.4 Å². The molecular formula is C28H33N5O5S. The molecular weight excluding hydrogens is 518 g/mol. The summed E-state index contributed by atoms with van der Waals surface area (Å²) in [6, 6.07) is 17.3. The van der Waals surface area contributed by atoms with Gasteiger partial charge in [-0.15, -0.1) is 0 Å². The molecule has 0 saturated carbocycles. The number of nitrogens with one attached hydrogen (secondary N) is 2. The van der Waals surface area contributed by atoms with Gasteiger partial charge in [-0.3, -0.25) is 0 Å². The second-order valence-corrected chi connectivity index (χ2v) is 12.0. The molecule has 2 N–H and O–H groups in total. The summed E-state index contributed by atoms with van der Waals surface area (Å²) in [5.74, 6) is 1.08. The van der Waals surface area contributed by atoms with Gasteiger partial charge in [0.25, 0.3) is 0 Å². The van der Waals surface area contributed by atoms with E-state index in [0.29, 0.717) is 61.6 Å². The molecule has 0 bridgehead atoms. The van der Waals surface area contributed by atoms with E-state index in [0.717, 1.165) is 0 Å². The highest BCUT2D eigenvalue weighted by molar-refractivity contribution is 7.92. The van der Waals surface area contributed by atoms with Gasteiger partial charge < -0.3 is 25.0 Å². The number of anilines is 2. The Morgan fingerprint density at radius 1 is 1.00 bits per heavy atom. The lowest BCUT2D eigenvalue weighted by Gasteiger charge is -2.38. The molecule has 0 radical (unpaired) electrons. The standard InChI is InChI=1S/C28H33N5O5S/c1-20-19-38-17-14-33(20)25-18-24(31-26(32-25)21-8-10-22(11-9-21)30-27(34)29-2)28(12-15-37-16-13-28)39(35,36)23-6-4-3-5-7-23/h3-11,18,20H,12-17,19H2,1-2H3,(H2,29,30,34)/t20-/m0/s1. The number of rotatable bonds is 6. The summed E-state index contributed by atoms with van der Waals surface area (Å²) < 4.78 is 38.6. The minimum Gasteiger partial charge on any atom is -0.381 e. The first-order valence-corrected chi connectivity index (χ1v) is 14.5. The monoisotopic (exact) mass is 551 g/mol. The zero-order valence-electron chi connectivity index (χ0n) is 22.1. The fourth-order valence-electron chi connectivity index (χ4n) is 5.10. The van der Waals surface area contributed by atoms with Gasteiger partial charge in [0.2, 0.25) is 0 Å². The molecule has 0 spiro atoms. The summed E-state index contributed by atoms with van der Waals surface area (Å²) >= 11 is 0. The molecule has 1 aromatic heterocycles. The molecule has 3 heterocycles. The van der Waals surface area contributed by atoms with Gasteiger partial charge in [-0.05, 0) is 56.2 Å². The third-order valence-corrected chi connectivity index (χ3v) is 9.88. The van der Waals surface area contributed by atoms with Gasteiger partial charge in [0.1, 0.15) is 10.6 Å². The summed E-state index contributed by atoms with van der Waals surface area (Å²) in [5.41, 5.74) is 1.78. The van der Waals surface area contributed by atoms with Crippen LogP contribution in [0.2, 0.25) is 0 Å². The minimum atomic E-state index is -3.83. The van der Waals surface area contributed by atoms with Gasteiger partial charge in [-0.2, -0.15) is 0 Å². The number of hydrogen-bond acceptors (Lipinski definition) is 8. The highest BCUT2D eigenvalue weighted by Gasteiger charge is 2.49. The number of nitrogens with zero attached hydrogens (tertiary/aromatic N) is 3. The van der Waals surface area contributed by atoms with E-state index in [9.17, 15) is 13.2 Å². The number of morpholine rings is 1. The summed E-state index contributed by atoms with van der Waals surface area (Å²) in [5, 5.41) is 5.27. The first-order valence-electron chi connectivity index (χ1n) is 13.0. The molecule has 0 aliphatic carbocycles. The maximum absolute atomic E-state index is 14.3. The van der Waals surface area contributed by atoms with Crippen LogP contribution >= 0.6 is 0 Å². The molecule has 3 aromatic rings. The van der Waals surface area contributed by atoms with E-state index in [1.807, 2.05) is 18.2 Å². The predicted molar refractivity (Wildman–Crippen MR) is 149 cm³/mol. The topological polar surface area (TPSA) is 123 Å². The number of amides is 2. The third kappa shape index (κ3) is 5.34. The van der Waals surface area contributed by atoms with E-state index >= 15 is 0 Å². The minimum absolute atomic E-state index is 0.0600. The molecule has 2 amide bonds. The Balaban J connectivity index is 1.66. The summed E-state index contributed by atoms with van der Waals surface area (Å²) in [6.45, 7) is 4.43. The van der Waals surface area contributed by atoms with Crippen LogP contribution in [0, 0.1) is 0 Å². The Hall–Kier alpha value is -3.54. The SMILES string of the molecule is CNC(=O)Nc1ccc(-c2nc(N3CCOC[C@@H]3C)cc(C3(S(=O)(=O)c4ccccc4)CCOCC3)n2)cc1. The van der Waals surface area contributed by atoms with Gasteiger partial charge in [0.05, 0.1) is 29.8 Å². The van der Waals surface area contributed by atoms with Crippen molar-refractivity contribution in [1.82, 2.24) is 15.3 Å². The number of hydrogen-bond donors (Lipinski definition) is 2. The Bertz CT molecular complexity index is 1410. The third-order valence-electron chi connectivity index (χ3n) is 7.34. The van der Waals surface area contributed by atoms with Crippen molar-refractivity contribution < 1.29 is 22.7 Å². The summed E-state index contributed by atoms with van der Waals surface area (Å²) in [6.07, 6.45) is 0.571. The number of benzene rings is 2. The Kier molecular flexibility index (Phi) is 7.83. The lowest BCUT2D eigenvalue weighted by molar-refractivity contribution is 0.0729. The fraction of sp³-hybridized carbons (Fsp3) is 0.393. The van der Waals surface area contributed by atoms with Crippen LogP contribution in [-0.2, 0) is 24.1 Å². The van der Waals surface area contributed by atoms with Gasteiger partial charge >= 0.3 is 6.03 Å². The Morgan fingerprint density at radius 3 is 2.38 bits per heavy atom. The van der Waals surface area contributed by atoms with Crippen LogP contribution in [0.15, 0.2) is 65.6 Å². The van der Waals surface area contributed by atoms with Crippen molar-refractivity contribution in [1.29, 1.82) is 0 Å². The number of carbonyl (C=O) groups excluding carboxylic acids is 1. The van der Waals surface area contributed by atoms with Crippen LogP contribution in [0.25, 0.3) is 11.4 Å². The second kappa shape index (κ2) is 11.3. The average Bonchev–Trinajstić information content (AvgIpc) is 2.98. The molecule has 2 aromatic carbocycles. The predicted octanol–water partition coefficient (Wildman–Crippen LogP) is 3.60. The van der Waals surface area contributed by atoms with Crippen molar-refractivity contribution in [3.63, 3.8) is 0 Å². The van der Waals surface area contributed by atoms with E-state index in [2.05, 4.69) is 22.5 Å². The molecule has 206 valence electrons. The Labute approximate surface area is 228 Å². The fourth-order valence-corrected chi connectivity index (χ4v) is 7.15. The zero-order valence-corrected chi connectivity index (χ0v) is 22.9. The summed E-state index contributed by atoms with van der Waals surface area (Å²) in [4.78, 5) is 23.9.